The van der Waals surface area contributed by atoms with Crippen molar-refractivity contribution in [3.8, 4) is 17.2 Å². The zero-order valence-electron chi connectivity index (χ0n) is 23.6. The largest absolute Gasteiger partial charge is 0.496 e. The molecule has 2 aromatic heterocycles. The number of carbonyl (C=O) groups excluding carboxylic acids is 2. The Morgan fingerprint density at radius 1 is 1.12 bits per heavy atom. The van der Waals surface area contributed by atoms with E-state index < -0.39 is 29.1 Å². The minimum atomic E-state index is -1.93. The van der Waals surface area contributed by atoms with E-state index in [0.717, 1.165) is 29.3 Å². The molecule has 3 unspecified atom stereocenters. The number of halogens is 1. The minimum Gasteiger partial charge on any atom is -0.496 e. The number of fused-ring (bicyclic) bond motifs is 2. The van der Waals surface area contributed by atoms with Gasteiger partial charge in [0.2, 0.25) is 23.1 Å². The van der Waals surface area contributed by atoms with Crippen molar-refractivity contribution in [2.45, 2.75) is 44.4 Å². The molecular formula is C31H26ClN5O6. The van der Waals surface area contributed by atoms with Gasteiger partial charge >= 0.3 is 0 Å². The molecule has 0 amide bonds. The number of aromatic nitrogens is 4. The van der Waals surface area contributed by atoms with Crippen LogP contribution in [0.1, 0.15) is 47.3 Å². The van der Waals surface area contributed by atoms with Crippen molar-refractivity contribution in [3.05, 3.63) is 80.0 Å². The van der Waals surface area contributed by atoms with E-state index in [9.17, 15) is 14.4 Å². The van der Waals surface area contributed by atoms with Crippen molar-refractivity contribution in [1.82, 2.24) is 19.3 Å². The first-order chi connectivity index (χ1) is 20.8. The molecule has 11 nitrogen and oxygen atoms in total. The zero-order valence-corrected chi connectivity index (χ0v) is 24.3. The van der Waals surface area contributed by atoms with Crippen LogP contribution in [0.4, 0.5) is 5.95 Å². The number of methoxy groups -OCH3 is 2. The number of pyridine rings is 1. The normalized spacial score (nSPS) is 23.5. The number of carbonyl (C=O) groups is 2. The molecule has 3 aliphatic heterocycles. The third-order valence-electron chi connectivity index (χ3n) is 9.23. The Kier molecular flexibility index (Phi) is 5.41. The van der Waals surface area contributed by atoms with Crippen LogP contribution in [0.15, 0.2) is 52.7 Å². The van der Waals surface area contributed by atoms with Crippen LogP contribution in [-0.2, 0) is 17.8 Å². The number of ether oxygens (including phenoxy) is 3. The molecule has 0 bridgehead atoms. The summed E-state index contributed by atoms with van der Waals surface area (Å²) in [5.41, 5.74) is 1.13. The molecule has 0 saturated heterocycles. The van der Waals surface area contributed by atoms with Crippen molar-refractivity contribution in [2.75, 3.05) is 19.5 Å². The smallest absolute Gasteiger partial charge is 0.256 e. The van der Waals surface area contributed by atoms with Gasteiger partial charge in [0.25, 0.3) is 5.56 Å². The number of para-hydroxylation sites is 1. The van der Waals surface area contributed by atoms with Crippen LogP contribution >= 0.6 is 11.6 Å². The van der Waals surface area contributed by atoms with Crippen LogP contribution in [0.2, 0.25) is 5.02 Å². The topological polar surface area (TPSA) is 127 Å². The van der Waals surface area contributed by atoms with E-state index in [1.54, 1.807) is 11.5 Å². The Morgan fingerprint density at radius 3 is 2.72 bits per heavy atom. The Morgan fingerprint density at radius 2 is 1.93 bits per heavy atom. The number of Topliss-reactive ketones (excluding diaryl/α,β-unsaturated/α-hetero) is 2. The van der Waals surface area contributed by atoms with Crippen LogP contribution in [-0.4, -0.2) is 50.7 Å². The molecular weight excluding hydrogens is 574 g/mol. The van der Waals surface area contributed by atoms with Crippen LogP contribution in [0.25, 0.3) is 10.9 Å². The number of nitrogens with zero attached hydrogens (tertiary/aromatic N) is 4. The molecule has 8 rings (SSSR count). The molecule has 4 aromatic rings. The number of nitrogens with one attached hydrogen (secondary N) is 1. The molecule has 4 aliphatic rings. The maximum absolute atomic E-state index is 14.9. The maximum Gasteiger partial charge on any atom is 0.256 e. The van der Waals surface area contributed by atoms with Gasteiger partial charge in [-0.3, -0.25) is 14.4 Å². The Labute approximate surface area is 250 Å². The number of allylic oxidation sites excluding steroid dienone is 1. The lowest BCUT2D eigenvalue weighted by Crippen LogP contribution is -2.58. The van der Waals surface area contributed by atoms with Crippen LogP contribution in [0, 0.1) is 5.92 Å². The summed E-state index contributed by atoms with van der Waals surface area (Å²) in [6.07, 6.45) is 3.37. The third-order valence-corrected chi connectivity index (χ3v) is 9.59. The van der Waals surface area contributed by atoms with E-state index in [1.165, 1.54) is 31.3 Å². The summed E-state index contributed by atoms with van der Waals surface area (Å²) in [5, 5.41) is 8.64. The molecule has 218 valence electrons. The Balaban J connectivity index is 1.35. The number of hydrogen-bond acceptors (Lipinski definition) is 9. The molecule has 1 spiro atoms. The van der Waals surface area contributed by atoms with Gasteiger partial charge in [-0.05, 0) is 36.3 Å². The fourth-order valence-corrected chi connectivity index (χ4v) is 7.52. The van der Waals surface area contributed by atoms with Crippen molar-refractivity contribution < 1.29 is 23.8 Å². The number of rotatable bonds is 3. The van der Waals surface area contributed by atoms with E-state index >= 15 is 0 Å². The number of benzene rings is 2. The second kappa shape index (κ2) is 8.93. The molecule has 1 aliphatic carbocycles. The summed E-state index contributed by atoms with van der Waals surface area (Å²) < 4.78 is 20.6. The summed E-state index contributed by atoms with van der Waals surface area (Å²) in [4.78, 5) is 47.9. The SMILES string of the molecule is COc1cc(OC)c2c(c1Cl)OC1(C(=O)C3=C(CC1C)Nc1ncnn1C3c1cc3cccc4c3n(c1=O)CCC4)C2=O. The van der Waals surface area contributed by atoms with Crippen molar-refractivity contribution in [2.24, 2.45) is 5.92 Å². The average Bonchev–Trinajstić information content (AvgIpc) is 3.61. The van der Waals surface area contributed by atoms with Gasteiger partial charge in [0.05, 0.1) is 19.7 Å². The van der Waals surface area contributed by atoms with Crippen molar-refractivity contribution >= 4 is 40.0 Å². The Hall–Kier alpha value is -4.64. The van der Waals surface area contributed by atoms with Crippen LogP contribution in [0.5, 0.6) is 17.2 Å². The highest BCUT2D eigenvalue weighted by molar-refractivity contribution is 6.36. The van der Waals surface area contributed by atoms with Crippen molar-refractivity contribution in [1.29, 1.82) is 0 Å². The highest BCUT2D eigenvalue weighted by Gasteiger charge is 2.64. The first kappa shape index (κ1) is 26.0. The molecule has 12 heteroatoms. The van der Waals surface area contributed by atoms with Gasteiger partial charge in [-0.1, -0.05) is 36.7 Å². The molecule has 0 radical (unpaired) electrons. The van der Waals surface area contributed by atoms with Gasteiger partial charge < -0.3 is 24.1 Å². The monoisotopic (exact) mass is 599 g/mol. The lowest BCUT2D eigenvalue weighted by molar-refractivity contribution is -0.130. The first-order valence-corrected chi connectivity index (χ1v) is 14.5. The average molecular weight is 600 g/mol. The minimum absolute atomic E-state index is 0.0385. The van der Waals surface area contributed by atoms with Gasteiger partial charge in [-0.25, -0.2) is 4.68 Å². The fourth-order valence-electron chi connectivity index (χ4n) is 7.26. The van der Waals surface area contributed by atoms with Gasteiger partial charge in [-0.2, -0.15) is 10.1 Å². The van der Waals surface area contributed by atoms with Gasteiger partial charge in [-0.15, -0.1) is 0 Å². The molecule has 5 heterocycles. The molecule has 0 fully saturated rings. The van der Waals surface area contributed by atoms with E-state index in [0.29, 0.717) is 23.8 Å². The van der Waals surface area contributed by atoms with Gasteiger partial charge in [0, 0.05) is 35.4 Å². The zero-order chi connectivity index (χ0) is 29.8. The summed E-state index contributed by atoms with van der Waals surface area (Å²) >= 11 is 6.63. The number of aryl methyl sites for hydroxylation is 2. The standard InChI is InChI=1S/C31H26ClN5O6/c1-14-10-18-21(27(38)31(14)28(39)22-19(41-2)12-20(42-3)23(32)26(22)43-31)25(37-30(35-18)33-13-34-37)17-11-16-7-4-6-15-8-5-9-36(24(15)16)29(17)40/h4,6-7,11-14,25H,5,8-10H2,1-3H3,(H,33,34,35). The van der Waals surface area contributed by atoms with E-state index in [1.807, 2.05) is 24.3 Å². The third kappa shape index (κ3) is 3.22. The van der Waals surface area contributed by atoms with Crippen LogP contribution < -0.4 is 25.1 Å². The second-order valence-corrected chi connectivity index (χ2v) is 11.7. The highest BCUT2D eigenvalue weighted by Crippen LogP contribution is 2.55. The Bertz CT molecular complexity index is 2030. The number of anilines is 1. The summed E-state index contributed by atoms with van der Waals surface area (Å²) in [5.74, 6) is -0.831. The van der Waals surface area contributed by atoms with Crippen LogP contribution in [0.3, 0.4) is 0 Å². The maximum atomic E-state index is 14.9. The molecule has 3 atom stereocenters. The fraction of sp³-hybridized carbons (Fsp3) is 0.323. The summed E-state index contributed by atoms with van der Waals surface area (Å²) in [7, 11) is 2.86. The van der Waals surface area contributed by atoms with E-state index in [-0.39, 0.29) is 45.4 Å². The van der Waals surface area contributed by atoms with Crippen molar-refractivity contribution in [3.63, 3.8) is 0 Å². The first-order valence-electron chi connectivity index (χ1n) is 14.1. The predicted octanol–water partition coefficient (Wildman–Crippen LogP) is 4.10. The summed E-state index contributed by atoms with van der Waals surface area (Å²) in [6, 6.07) is 8.39. The second-order valence-electron chi connectivity index (χ2n) is 11.4. The molecule has 1 N–H and O–H groups in total. The predicted molar refractivity (Wildman–Crippen MR) is 156 cm³/mol. The van der Waals surface area contributed by atoms with Gasteiger partial charge in [0.1, 0.15) is 34.5 Å². The molecule has 0 saturated carbocycles. The number of ketones is 2. The molecule has 2 aromatic carbocycles. The quantitative estimate of drug-likeness (QED) is 0.346. The van der Waals surface area contributed by atoms with E-state index in [4.69, 9.17) is 25.8 Å². The summed E-state index contributed by atoms with van der Waals surface area (Å²) in [6.45, 7) is 2.35. The van der Waals surface area contributed by atoms with E-state index in [2.05, 4.69) is 15.4 Å². The van der Waals surface area contributed by atoms with Gasteiger partial charge in [0.15, 0.2) is 5.75 Å². The molecule has 43 heavy (non-hydrogen) atoms. The lowest BCUT2D eigenvalue weighted by Gasteiger charge is -2.41. The number of hydrogen-bond donors (Lipinski definition) is 1. The lowest BCUT2D eigenvalue weighted by atomic mass is 9.69. The highest BCUT2D eigenvalue weighted by atomic mass is 35.5.